The van der Waals surface area contributed by atoms with Crippen LogP contribution in [0.4, 0.5) is 4.79 Å². The second-order valence-electron chi connectivity index (χ2n) is 20.7. The number of nitrogens with two attached hydrogens (primary N) is 2. The first-order valence-corrected chi connectivity index (χ1v) is 27.4. The van der Waals surface area contributed by atoms with Gasteiger partial charge in [0.2, 0.25) is 53.2 Å². The molecule has 0 radical (unpaired) electrons. The number of carbonyl (C=O) groups is 11. The van der Waals surface area contributed by atoms with Gasteiger partial charge in [-0.2, -0.15) is 11.8 Å². The third-order valence-electron chi connectivity index (χ3n) is 12.6. The highest BCUT2D eigenvalue weighted by Crippen LogP contribution is 2.22. The fourth-order valence-electron chi connectivity index (χ4n) is 8.50. The van der Waals surface area contributed by atoms with Crippen molar-refractivity contribution in [1.29, 1.82) is 0 Å². The molecule has 78 heavy (non-hydrogen) atoms. The van der Waals surface area contributed by atoms with Gasteiger partial charge in [-0.15, -0.1) is 0 Å². The van der Waals surface area contributed by atoms with E-state index < -0.39 is 126 Å². The Hall–Kier alpha value is -7.24. The number of likely N-dealkylation sites (tertiary alicyclic amines) is 1. The Morgan fingerprint density at radius 3 is 1.68 bits per heavy atom. The van der Waals surface area contributed by atoms with E-state index in [1.807, 2.05) is 20.1 Å². The summed E-state index contributed by atoms with van der Waals surface area (Å²) in [5.74, 6) is -7.15. The molecule has 1 saturated heterocycles. The van der Waals surface area contributed by atoms with Gasteiger partial charge in [-0.25, -0.2) is 9.59 Å². The first-order chi connectivity index (χ1) is 36.7. The smallest absolute Gasteiger partial charge is 0.410 e. The number of carbonyl (C=O) groups excluding carboxylic acids is 11. The van der Waals surface area contributed by atoms with Gasteiger partial charge in [0.1, 0.15) is 47.9 Å². The molecule has 10 amide bonds. The molecule has 0 spiro atoms. The normalized spacial score (nSPS) is 15.5. The van der Waals surface area contributed by atoms with Gasteiger partial charge >= 0.3 is 12.1 Å². The minimum absolute atomic E-state index is 0.0674. The minimum Gasteiger partial charge on any atom is -0.467 e. The number of amides is 10. The largest absolute Gasteiger partial charge is 0.467 e. The van der Waals surface area contributed by atoms with Gasteiger partial charge < -0.3 is 57.3 Å². The highest BCUT2D eigenvalue weighted by molar-refractivity contribution is 7.98. The van der Waals surface area contributed by atoms with Gasteiger partial charge in [0.15, 0.2) is 0 Å². The maximum Gasteiger partial charge on any atom is 0.410 e. The van der Waals surface area contributed by atoms with Crippen LogP contribution in [0.1, 0.15) is 97.1 Å². The van der Waals surface area contributed by atoms with Crippen LogP contribution in [0, 0.1) is 5.92 Å². The number of ether oxygens (including phenoxy) is 2. The van der Waals surface area contributed by atoms with Crippen LogP contribution in [0.25, 0.3) is 0 Å². The molecule has 1 heterocycles. The molecule has 7 atom stereocenters. The number of methoxy groups -OCH3 is 1. The number of nitrogens with zero attached hydrogens (tertiary/aromatic N) is 3. The van der Waals surface area contributed by atoms with Crippen LogP contribution in [-0.4, -0.2) is 174 Å². The molecule has 1 fully saturated rings. The molecule has 3 rings (SSSR count). The van der Waals surface area contributed by atoms with Crippen LogP contribution in [-0.2, 0) is 70.3 Å². The van der Waals surface area contributed by atoms with Crippen LogP contribution in [0.15, 0.2) is 60.7 Å². The Kier molecular flexibility index (Phi) is 26.6. The van der Waals surface area contributed by atoms with Gasteiger partial charge in [0, 0.05) is 46.3 Å². The summed E-state index contributed by atoms with van der Waals surface area (Å²) in [5.41, 5.74) is 11.3. The summed E-state index contributed by atoms with van der Waals surface area (Å²) < 4.78 is 10.4. The van der Waals surface area contributed by atoms with E-state index in [1.165, 1.54) is 42.8 Å². The van der Waals surface area contributed by atoms with Crippen LogP contribution < -0.4 is 38.1 Å². The summed E-state index contributed by atoms with van der Waals surface area (Å²) in [6, 6.07) is 8.46. The van der Waals surface area contributed by atoms with Crippen molar-refractivity contribution in [1.82, 2.24) is 41.3 Å². The molecular weight excluding hydrogens is 1030 g/mol. The number of nitrogens with one attached hydrogen (secondary N) is 5. The van der Waals surface area contributed by atoms with E-state index in [1.54, 1.807) is 81.4 Å². The number of hydrogen-bond donors (Lipinski definition) is 7. The molecule has 0 bridgehead atoms. The second kappa shape index (κ2) is 31.9. The predicted octanol–water partition coefficient (Wildman–Crippen LogP) is 1.08. The van der Waals surface area contributed by atoms with Crippen molar-refractivity contribution in [3.63, 3.8) is 0 Å². The lowest BCUT2D eigenvalue weighted by Gasteiger charge is -2.32. The SMILES string of the molecule is COC(=O)[C@@H](CCSC)NC(=O)[C@H](CC(C)C)N(C)C(=O)CN(C)C(=O)[C@H](Cc1ccccc1)NC(=O)[C@@H](Cc1ccccc1)NC(=O)[C@H](CCC(N)=O)NC(=O)[C@H](CCC(N)=O)NC(=O)[C@@H]1CCCN1C(=O)OC(C)(C)C. The van der Waals surface area contributed by atoms with Crippen molar-refractivity contribution in [2.75, 3.05) is 46.3 Å². The van der Waals surface area contributed by atoms with Gasteiger partial charge in [-0.1, -0.05) is 74.5 Å². The van der Waals surface area contributed by atoms with Crippen molar-refractivity contribution in [2.24, 2.45) is 17.4 Å². The zero-order valence-electron chi connectivity index (χ0n) is 46.3. The first-order valence-electron chi connectivity index (χ1n) is 26.0. The lowest BCUT2D eigenvalue weighted by molar-refractivity contribution is -0.148. The molecule has 0 unspecified atom stereocenters. The van der Waals surface area contributed by atoms with Gasteiger partial charge in [0.25, 0.3) is 0 Å². The van der Waals surface area contributed by atoms with E-state index in [4.69, 9.17) is 20.9 Å². The predicted molar refractivity (Wildman–Crippen MR) is 291 cm³/mol. The van der Waals surface area contributed by atoms with E-state index in [9.17, 15) is 52.7 Å². The fourth-order valence-corrected chi connectivity index (χ4v) is 8.97. The van der Waals surface area contributed by atoms with Crippen molar-refractivity contribution in [3.8, 4) is 0 Å². The van der Waals surface area contributed by atoms with Crippen LogP contribution >= 0.6 is 11.8 Å². The van der Waals surface area contributed by atoms with Crippen molar-refractivity contribution >= 4 is 77.0 Å². The lowest BCUT2D eigenvalue weighted by Crippen LogP contribution is -2.60. The van der Waals surface area contributed by atoms with Crippen molar-refractivity contribution in [2.45, 2.75) is 147 Å². The zero-order chi connectivity index (χ0) is 58.3. The molecule has 1 aliphatic heterocycles. The van der Waals surface area contributed by atoms with E-state index in [0.717, 1.165) is 4.90 Å². The maximum atomic E-state index is 14.7. The second-order valence-corrected chi connectivity index (χ2v) is 21.7. The summed E-state index contributed by atoms with van der Waals surface area (Å²) in [4.78, 5) is 153. The zero-order valence-corrected chi connectivity index (χ0v) is 47.1. The van der Waals surface area contributed by atoms with E-state index >= 15 is 0 Å². The summed E-state index contributed by atoms with van der Waals surface area (Å²) in [6.45, 7) is 8.44. The third kappa shape index (κ3) is 22.0. The number of primary amides is 2. The maximum absolute atomic E-state index is 14.7. The molecule has 0 aliphatic carbocycles. The number of likely N-dealkylation sites (N-methyl/N-ethyl adjacent to an activating group) is 2. The molecule has 0 saturated carbocycles. The Morgan fingerprint density at radius 1 is 0.692 bits per heavy atom. The molecular formula is C54H80N10O13S. The average molecular weight is 1110 g/mol. The topological polar surface area (TPSA) is 328 Å². The molecule has 23 nitrogen and oxygen atoms in total. The van der Waals surface area contributed by atoms with E-state index in [2.05, 4.69) is 26.6 Å². The average Bonchev–Trinajstić information content (AvgIpc) is 3.89. The fraction of sp³-hybridized carbons (Fsp3) is 0.574. The number of rotatable bonds is 30. The van der Waals surface area contributed by atoms with Crippen LogP contribution in [0.2, 0.25) is 0 Å². The summed E-state index contributed by atoms with van der Waals surface area (Å²) >= 11 is 1.48. The molecule has 1 aliphatic rings. The highest BCUT2D eigenvalue weighted by Gasteiger charge is 2.40. The molecule has 9 N–H and O–H groups in total. The Morgan fingerprint density at radius 2 is 1.18 bits per heavy atom. The van der Waals surface area contributed by atoms with Crippen molar-refractivity contribution in [3.05, 3.63) is 71.8 Å². The summed E-state index contributed by atoms with van der Waals surface area (Å²) in [6.07, 6.45) is 0.662. The molecule has 24 heteroatoms. The third-order valence-corrected chi connectivity index (χ3v) is 13.3. The highest BCUT2D eigenvalue weighted by atomic mass is 32.2. The number of hydrogen-bond acceptors (Lipinski definition) is 14. The molecule has 2 aromatic rings. The van der Waals surface area contributed by atoms with Gasteiger partial charge in [0.05, 0.1) is 13.7 Å². The van der Waals surface area contributed by atoms with E-state index in [0.29, 0.717) is 29.7 Å². The van der Waals surface area contributed by atoms with Gasteiger partial charge in [-0.05, 0) is 88.3 Å². The van der Waals surface area contributed by atoms with E-state index in [-0.39, 0.29) is 57.4 Å². The number of esters is 1. The molecule has 2 aromatic carbocycles. The van der Waals surface area contributed by atoms with Crippen molar-refractivity contribution < 1.29 is 62.2 Å². The Balaban J connectivity index is 1.95. The van der Waals surface area contributed by atoms with Crippen LogP contribution in [0.5, 0.6) is 0 Å². The molecule has 0 aromatic heterocycles. The quantitative estimate of drug-likeness (QED) is 0.0539. The van der Waals surface area contributed by atoms with Crippen LogP contribution in [0.3, 0.4) is 0 Å². The number of thioether (sulfide) groups is 1. The Labute approximate surface area is 461 Å². The lowest BCUT2D eigenvalue weighted by atomic mass is 10.0. The first kappa shape index (κ1) is 65.0. The Bertz CT molecular complexity index is 2390. The molecule has 430 valence electrons. The summed E-state index contributed by atoms with van der Waals surface area (Å²) in [7, 11) is 4.01. The number of benzene rings is 2. The summed E-state index contributed by atoms with van der Waals surface area (Å²) in [5, 5.41) is 13.3. The minimum atomic E-state index is -1.56. The van der Waals surface area contributed by atoms with Gasteiger partial charge in [-0.3, -0.25) is 48.1 Å². The standard InChI is InChI=1S/C54H80N10O13S/c1-33(2)29-42(50(72)59-38(26-28-78-9)52(74)76-8)63(7)45(67)32-62(6)51(73)40(31-35-19-14-11-15-20-35)61-48(70)39(30-34-17-12-10-13-18-34)60-47(69)36(22-24-43(55)65)57-46(68)37(23-25-44(56)66)58-49(71)41-21-16-27-64(41)53(75)77-54(3,4)5/h10-15,17-20,33,36-42H,16,21-32H2,1-9H3,(H2,55,65)(H2,56,66)(H,57,68)(H,58,71)(H,59,72)(H,60,69)(H,61,70)/t36-,37-,38+,39+,40-,41-,42-/m0/s1. The monoisotopic (exact) mass is 1110 g/mol.